The molecule has 1 aromatic rings. The zero-order valence-electron chi connectivity index (χ0n) is 11.5. The molecule has 0 spiro atoms. The van der Waals surface area contributed by atoms with Crippen LogP contribution in [0.2, 0.25) is 0 Å². The minimum atomic E-state index is -0.252. The average Bonchev–Trinajstić information content (AvgIpc) is 2.36. The maximum absolute atomic E-state index is 11.9. The second-order valence-electron chi connectivity index (χ2n) is 5.04. The molecular weight excluding hydrogens is 228 g/mol. The lowest BCUT2D eigenvalue weighted by molar-refractivity contribution is -0.124. The van der Waals surface area contributed by atoms with E-state index in [4.69, 9.17) is 0 Å². The summed E-state index contributed by atoms with van der Waals surface area (Å²) in [5.74, 6) is 0.00532. The van der Waals surface area contributed by atoms with Crippen LogP contribution in [0, 0.1) is 0 Å². The Bertz CT molecular complexity index is 378. The summed E-state index contributed by atoms with van der Waals surface area (Å²) in [5.41, 5.74) is 0.659. The van der Waals surface area contributed by atoms with Gasteiger partial charge in [-0.2, -0.15) is 10.2 Å². The fraction of sp³-hybridized carbons (Fsp3) is 0.615. The topological polar surface area (TPSA) is 66.9 Å². The Morgan fingerprint density at radius 1 is 1.50 bits per heavy atom. The highest BCUT2D eigenvalue weighted by atomic mass is 16.2. The smallest absolute Gasteiger partial charge is 0.237 e. The van der Waals surface area contributed by atoms with Crippen molar-refractivity contribution in [3.8, 4) is 0 Å². The maximum Gasteiger partial charge on any atom is 0.237 e. The number of hydrogen-bond acceptors (Lipinski definition) is 4. The number of hydrogen-bond donors (Lipinski definition) is 2. The highest BCUT2D eigenvalue weighted by Crippen LogP contribution is 2.07. The van der Waals surface area contributed by atoms with Crippen LogP contribution >= 0.6 is 0 Å². The first kappa shape index (κ1) is 14.6. The van der Waals surface area contributed by atoms with Crippen LogP contribution in [0.3, 0.4) is 0 Å². The van der Waals surface area contributed by atoms with Crippen LogP contribution in [-0.2, 0) is 11.3 Å². The average molecular weight is 250 g/mol. The van der Waals surface area contributed by atoms with Crippen molar-refractivity contribution in [3.63, 3.8) is 0 Å². The van der Waals surface area contributed by atoms with Gasteiger partial charge in [-0.3, -0.25) is 4.79 Å². The molecule has 0 aliphatic carbocycles. The van der Waals surface area contributed by atoms with E-state index in [1.807, 2.05) is 32.9 Å². The number of amides is 1. The van der Waals surface area contributed by atoms with Crippen molar-refractivity contribution in [1.82, 2.24) is 20.8 Å². The summed E-state index contributed by atoms with van der Waals surface area (Å²) in [5, 5.41) is 13.9. The molecule has 0 radical (unpaired) electrons. The molecule has 0 fully saturated rings. The van der Waals surface area contributed by atoms with Gasteiger partial charge in [0, 0.05) is 18.3 Å². The summed E-state index contributed by atoms with van der Waals surface area (Å²) in [6, 6.07) is 3.45. The summed E-state index contributed by atoms with van der Waals surface area (Å²) in [4.78, 5) is 11.9. The lowest BCUT2D eigenvalue weighted by Crippen LogP contribution is -2.50. The number of carbonyl (C=O) groups is 1. The zero-order valence-corrected chi connectivity index (χ0v) is 11.5. The molecule has 0 saturated carbocycles. The van der Waals surface area contributed by atoms with Crippen LogP contribution < -0.4 is 10.6 Å². The Morgan fingerprint density at radius 3 is 2.78 bits per heavy atom. The fourth-order valence-electron chi connectivity index (χ4n) is 1.31. The van der Waals surface area contributed by atoms with Crippen molar-refractivity contribution >= 4 is 5.91 Å². The second kappa shape index (κ2) is 6.44. The van der Waals surface area contributed by atoms with Gasteiger partial charge in [-0.05, 0) is 39.3 Å². The number of aromatic nitrogens is 2. The number of carbonyl (C=O) groups excluding carboxylic acids is 1. The Labute approximate surface area is 108 Å². The van der Waals surface area contributed by atoms with Crippen LogP contribution in [0.4, 0.5) is 0 Å². The Morgan fingerprint density at radius 2 is 2.22 bits per heavy atom. The van der Waals surface area contributed by atoms with Crippen molar-refractivity contribution in [2.75, 3.05) is 0 Å². The fourth-order valence-corrected chi connectivity index (χ4v) is 1.31. The van der Waals surface area contributed by atoms with Gasteiger partial charge in [-0.25, -0.2) is 0 Å². The van der Waals surface area contributed by atoms with Gasteiger partial charge in [0.2, 0.25) is 5.91 Å². The van der Waals surface area contributed by atoms with Gasteiger partial charge in [0.25, 0.3) is 0 Å². The summed E-state index contributed by atoms with van der Waals surface area (Å²) in [7, 11) is 0. The van der Waals surface area contributed by atoms with Gasteiger partial charge >= 0.3 is 0 Å². The maximum atomic E-state index is 11.9. The molecule has 2 N–H and O–H groups in total. The van der Waals surface area contributed by atoms with Gasteiger partial charge in [0.05, 0.1) is 11.7 Å². The Balaban J connectivity index is 2.41. The molecule has 18 heavy (non-hydrogen) atoms. The molecule has 1 aromatic heterocycles. The van der Waals surface area contributed by atoms with Crippen molar-refractivity contribution in [2.24, 2.45) is 0 Å². The minimum Gasteiger partial charge on any atom is -0.350 e. The number of nitrogens with one attached hydrogen (secondary N) is 2. The largest absolute Gasteiger partial charge is 0.350 e. The quantitative estimate of drug-likeness (QED) is 0.797. The third-order valence-electron chi connectivity index (χ3n) is 2.96. The van der Waals surface area contributed by atoms with Crippen LogP contribution in [0.1, 0.15) is 39.8 Å². The summed E-state index contributed by atoms with van der Waals surface area (Å²) >= 11 is 0. The molecule has 5 heteroatoms. The highest BCUT2D eigenvalue weighted by molar-refractivity contribution is 5.81. The third kappa shape index (κ3) is 4.79. The molecule has 1 atom stereocenters. The molecule has 1 unspecified atom stereocenters. The molecule has 100 valence electrons. The number of rotatable bonds is 6. The van der Waals surface area contributed by atoms with E-state index in [1.54, 1.807) is 6.20 Å². The van der Waals surface area contributed by atoms with Crippen molar-refractivity contribution in [2.45, 2.75) is 52.2 Å². The van der Waals surface area contributed by atoms with Gasteiger partial charge in [-0.1, -0.05) is 6.92 Å². The van der Waals surface area contributed by atoms with Crippen LogP contribution in [0.5, 0.6) is 0 Å². The molecule has 5 nitrogen and oxygen atoms in total. The second-order valence-corrected chi connectivity index (χ2v) is 5.04. The first-order chi connectivity index (χ1) is 8.44. The number of nitrogens with zero attached hydrogens (tertiary/aromatic N) is 2. The SMILES string of the molecule is CCC(C)(C)NC(=O)C(C)NCc1cccnn1. The summed E-state index contributed by atoms with van der Waals surface area (Å²) in [6.45, 7) is 8.46. The first-order valence-corrected chi connectivity index (χ1v) is 6.26. The molecule has 1 amide bonds. The molecule has 1 heterocycles. The molecule has 0 bridgehead atoms. The van der Waals surface area contributed by atoms with E-state index in [0.717, 1.165) is 12.1 Å². The predicted octanol–water partition coefficient (Wildman–Crippen LogP) is 1.26. The molecule has 0 aromatic carbocycles. The standard InChI is InChI=1S/C13H22N4O/c1-5-13(3,4)16-12(18)10(2)14-9-11-7-6-8-15-17-11/h6-8,10,14H,5,9H2,1-4H3,(H,16,18). The molecular formula is C13H22N4O. The van der Waals surface area contributed by atoms with Crippen molar-refractivity contribution in [3.05, 3.63) is 24.0 Å². The van der Waals surface area contributed by atoms with Gasteiger partial charge < -0.3 is 10.6 Å². The zero-order chi connectivity index (χ0) is 13.6. The molecule has 1 rings (SSSR count). The van der Waals surface area contributed by atoms with E-state index >= 15 is 0 Å². The van der Waals surface area contributed by atoms with Crippen molar-refractivity contribution in [1.29, 1.82) is 0 Å². The molecule has 0 saturated heterocycles. The van der Waals surface area contributed by atoms with Crippen LogP contribution in [0.25, 0.3) is 0 Å². The van der Waals surface area contributed by atoms with E-state index in [2.05, 4.69) is 27.8 Å². The minimum absolute atomic E-state index is 0.00532. The Hall–Kier alpha value is -1.49. The van der Waals surface area contributed by atoms with Gasteiger partial charge in [0.15, 0.2) is 0 Å². The summed E-state index contributed by atoms with van der Waals surface area (Å²) in [6.07, 6.45) is 2.53. The van der Waals surface area contributed by atoms with Gasteiger partial charge in [0.1, 0.15) is 0 Å². The van der Waals surface area contributed by atoms with Crippen LogP contribution in [-0.4, -0.2) is 27.7 Å². The third-order valence-corrected chi connectivity index (χ3v) is 2.96. The van der Waals surface area contributed by atoms with Gasteiger partial charge in [-0.15, -0.1) is 0 Å². The van der Waals surface area contributed by atoms with E-state index in [1.165, 1.54) is 0 Å². The Kier molecular flexibility index (Phi) is 5.22. The first-order valence-electron chi connectivity index (χ1n) is 6.26. The van der Waals surface area contributed by atoms with E-state index in [0.29, 0.717) is 6.54 Å². The summed E-state index contributed by atoms with van der Waals surface area (Å²) < 4.78 is 0. The predicted molar refractivity (Wildman–Crippen MR) is 70.8 cm³/mol. The molecule has 0 aliphatic heterocycles. The van der Waals surface area contributed by atoms with E-state index in [9.17, 15) is 4.79 Å². The lowest BCUT2D eigenvalue weighted by atomic mass is 10.0. The molecule has 0 aliphatic rings. The normalized spacial score (nSPS) is 13.1. The van der Waals surface area contributed by atoms with E-state index < -0.39 is 0 Å². The monoisotopic (exact) mass is 250 g/mol. The van der Waals surface area contributed by atoms with E-state index in [-0.39, 0.29) is 17.5 Å². The lowest BCUT2D eigenvalue weighted by Gasteiger charge is -2.26. The highest BCUT2D eigenvalue weighted by Gasteiger charge is 2.21. The van der Waals surface area contributed by atoms with Crippen molar-refractivity contribution < 1.29 is 4.79 Å². The van der Waals surface area contributed by atoms with Crippen LogP contribution in [0.15, 0.2) is 18.3 Å².